The van der Waals surface area contributed by atoms with Gasteiger partial charge in [-0.1, -0.05) is 19.9 Å². The molecule has 3 rings (SSSR count). The van der Waals surface area contributed by atoms with Crippen molar-refractivity contribution in [2.75, 3.05) is 13.2 Å². The summed E-state index contributed by atoms with van der Waals surface area (Å²) >= 11 is 0. The molecule has 0 saturated heterocycles. The number of rotatable bonds is 9. The van der Waals surface area contributed by atoms with Gasteiger partial charge in [0, 0.05) is 20.2 Å². The van der Waals surface area contributed by atoms with E-state index in [1.165, 1.54) is 36.4 Å². The van der Waals surface area contributed by atoms with Gasteiger partial charge in [-0.25, -0.2) is 19.1 Å². The standard InChI is InChI=1S/C24H26FN3O5S.2H2/c1-5-32-24-20(23(29)28-34(30,31)22-8-6-7-16(4)26-22)9-10-21(27-24)17-11-18(25)13-19(12-17)33-14-15(2)3;;/h6-13,15H,5,14H2,1-4H3,(H,28,29);2*1H. The maximum Gasteiger partial charge on any atom is 0.281 e. The first-order chi connectivity index (χ1) is 16.1. The molecule has 0 aliphatic carbocycles. The smallest absolute Gasteiger partial charge is 0.281 e. The van der Waals surface area contributed by atoms with E-state index in [1.807, 2.05) is 18.6 Å². The molecule has 0 radical (unpaired) electrons. The van der Waals surface area contributed by atoms with Gasteiger partial charge in [-0.3, -0.25) is 4.79 Å². The van der Waals surface area contributed by atoms with E-state index in [0.717, 1.165) is 0 Å². The number of sulfonamides is 1. The lowest BCUT2D eigenvalue weighted by atomic mass is 10.1. The summed E-state index contributed by atoms with van der Waals surface area (Å²) in [4.78, 5) is 21.1. The van der Waals surface area contributed by atoms with E-state index in [0.29, 0.717) is 29.3 Å². The van der Waals surface area contributed by atoms with Crippen LogP contribution in [0.3, 0.4) is 0 Å². The number of nitrogens with one attached hydrogen (secondary N) is 1. The average Bonchev–Trinajstić information content (AvgIpc) is 2.77. The number of aromatic nitrogens is 2. The summed E-state index contributed by atoms with van der Waals surface area (Å²) in [5.41, 5.74) is 1.15. The number of benzene rings is 1. The van der Waals surface area contributed by atoms with Crippen LogP contribution in [0.25, 0.3) is 11.3 Å². The maximum atomic E-state index is 14.2. The fourth-order valence-corrected chi connectivity index (χ4v) is 3.96. The van der Waals surface area contributed by atoms with Crippen molar-refractivity contribution in [3.63, 3.8) is 0 Å². The quantitative estimate of drug-likeness (QED) is 0.465. The second-order valence-electron chi connectivity index (χ2n) is 7.91. The molecular formula is C24H30FN3O5S. The molecule has 0 saturated carbocycles. The summed E-state index contributed by atoms with van der Waals surface area (Å²) in [7, 11) is -4.21. The molecule has 34 heavy (non-hydrogen) atoms. The molecule has 0 unspecified atom stereocenters. The molecule has 1 aromatic carbocycles. The summed E-state index contributed by atoms with van der Waals surface area (Å²) in [6.45, 7) is 7.90. The van der Waals surface area contributed by atoms with Crippen LogP contribution in [0.1, 0.15) is 39.7 Å². The normalized spacial score (nSPS) is 11.4. The fourth-order valence-electron chi connectivity index (χ4n) is 2.97. The second-order valence-corrected chi connectivity index (χ2v) is 9.54. The van der Waals surface area contributed by atoms with Crippen molar-refractivity contribution in [1.29, 1.82) is 0 Å². The van der Waals surface area contributed by atoms with Crippen LogP contribution in [0.5, 0.6) is 11.6 Å². The number of amides is 1. The molecule has 2 aromatic heterocycles. The highest BCUT2D eigenvalue weighted by atomic mass is 32.2. The van der Waals surface area contributed by atoms with Crippen molar-refractivity contribution in [2.24, 2.45) is 5.92 Å². The molecule has 1 N–H and O–H groups in total. The highest BCUT2D eigenvalue weighted by molar-refractivity contribution is 7.90. The van der Waals surface area contributed by atoms with E-state index in [1.54, 1.807) is 26.0 Å². The third-order valence-corrected chi connectivity index (χ3v) is 5.73. The van der Waals surface area contributed by atoms with Crippen LogP contribution >= 0.6 is 0 Å². The van der Waals surface area contributed by atoms with Gasteiger partial charge in [0.15, 0.2) is 5.03 Å². The van der Waals surface area contributed by atoms with Crippen LogP contribution in [-0.2, 0) is 10.0 Å². The average molecular weight is 492 g/mol. The Labute approximate surface area is 201 Å². The van der Waals surface area contributed by atoms with Crippen LogP contribution in [0.15, 0.2) is 53.6 Å². The van der Waals surface area contributed by atoms with Gasteiger partial charge in [0.2, 0.25) is 5.88 Å². The molecule has 0 atom stereocenters. The number of carbonyl (C=O) groups excluding carboxylic acids is 1. The zero-order chi connectivity index (χ0) is 24.9. The van der Waals surface area contributed by atoms with Crippen molar-refractivity contribution in [1.82, 2.24) is 14.7 Å². The van der Waals surface area contributed by atoms with Crippen LogP contribution in [0, 0.1) is 18.7 Å². The fraction of sp³-hybridized carbons (Fsp3) is 0.292. The molecule has 2 heterocycles. The molecule has 0 fully saturated rings. The lowest BCUT2D eigenvalue weighted by Crippen LogP contribution is -2.31. The van der Waals surface area contributed by atoms with Crippen LogP contribution in [-0.4, -0.2) is 37.5 Å². The van der Waals surface area contributed by atoms with Crippen molar-refractivity contribution in [3.05, 3.63) is 65.6 Å². The molecule has 0 aliphatic rings. The number of nitrogens with zero attached hydrogens (tertiary/aromatic N) is 2. The Balaban J connectivity index is 0.00000324. The lowest BCUT2D eigenvalue weighted by molar-refractivity contribution is 0.0976. The summed E-state index contributed by atoms with van der Waals surface area (Å²) in [6.07, 6.45) is 0. The second kappa shape index (κ2) is 10.6. The Hall–Kier alpha value is -3.53. The Morgan fingerprint density at radius 3 is 2.56 bits per heavy atom. The van der Waals surface area contributed by atoms with Gasteiger partial charge in [0.05, 0.1) is 18.9 Å². The summed E-state index contributed by atoms with van der Waals surface area (Å²) < 4.78 is 52.5. The third-order valence-electron chi connectivity index (χ3n) is 4.50. The number of pyridine rings is 2. The van der Waals surface area contributed by atoms with E-state index in [9.17, 15) is 17.6 Å². The predicted octanol–water partition coefficient (Wildman–Crippen LogP) is 4.64. The van der Waals surface area contributed by atoms with E-state index in [4.69, 9.17) is 9.47 Å². The van der Waals surface area contributed by atoms with E-state index >= 15 is 0 Å². The van der Waals surface area contributed by atoms with Gasteiger partial charge in [0.25, 0.3) is 15.9 Å². The monoisotopic (exact) mass is 491 g/mol. The Morgan fingerprint density at radius 1 is 1.12 bits per heavy atom. The Morgan fingerprint density at radius 2 is 1.88 bits per heavy atom. The van der Waals surface area contributed by atoms with E-state index in [2.05, 4.69) is 9.97 Å². The van der Waals surface area contributed by atoms with E-state index in [-0.39, 0.29) is 31.8 Å². The maximum absolute atomic E-state index is 14.2. The lowest BCUT2D eigenvalue weighted by Gasteiger charge is -2.13. The molecule has 10 heteroatoms. The van der Waals surface area contributed by atoms with Gasteiger partial charge >= 0.3 is 0 Å². The molecule has 3 aromatic rings. The minimum absolute atomic E-state index is 0. The van der Waals surface area contributed by atoms with Gasteiger partial charge in [-0.05, 0) is 56.2 Å². The molecule has 0 spiro atoms. The molecule has 0 aliphatic heterocycles. The highest BCUT2D eigenvalue weighted by Gasteiger charge is 2.24. The number of carbonyl (C=O) groups is 1. The minimum atomic E-state index is -4.21. The number of ether oxygens (including phenoxy) is 2. The van der Waals surface area contributed by atoms with Gasteiger partial charge in [-0.2, -0.15) is 8.42 Å². The molecule has 1 amide bonds. The Bertz CT molecular complexity index is 1310. The summed E-state index contributed by atoms with van der Waals surface area (Å²) in [5.74, 6) is -0.903. The largest absolute Gasteiger partial charge is 0.493 e. The number of hydrogen-bond acceptors (Lipinski definition) is 7. The zero-order valence-corrected chi connectivity index (χ0v) is 20.1. The topological polar surface area (TPSA) is 107 Å². The zero-order valence-electron chi connectivity index (χ0n) is 19.3. The first-order valence-corrected chi connectivity index (χ1v) is 12.2. The number of halogens is 1. The first-order valence-electron chi connectivity index (χ1n) is 10.7. The van der Waals surface area contributed by atoms with Crippen molar-refractivity contribution in [2.45, 2.75) is 32.7 Å². The molecular weight excluding hydrogens is 461 g/mol. The van der Waals surface area contributed by atoms with Crippen molar-refractivity contribution < 1.29 is 29.9 Å². The number of aryl methyl sites for hydroxylation is 1. The van der Waals surface area contributed by atoms with Crippen molar-refractivity contribution >= 4 is 15.9 Å². The van der Waals surface area contributed by atoms with Crippen LogP contribution in [0.2, 0.25) is 0 Å². The van der Waals surface area contributed by atoms with Crippen LogP contribution < -0.4 is 14.2 Å². The van der Waals surface area contributed by atoms with Crippen molar-refractivity contribution in [3.8, 4) is 22.9 Å². The van der Waals surface area contributed by atoms with E-state index < -0.39 is 21.7 Å². The van der Waals surface area contributed by atoms with Gasteiger partial charge in [-0.15, -0.1) is 0 Å². The molecule has 184 valence electrons. The highest BCUT2D eigenvalue weighted by Crippen LogP contribution is 2.28. The Kier molecular flexibility index (Phi) is 7.83. The SMILES string of the molecule is CCOc1nc(-c2cc(F)cc(OCC(C)C)c2)ccc1C(=O)NS(=O)(=O)c1cccc(C)n1.[HH].[HH]. The third kappa shape index (κ3) is 6.28. The summed E-state index contributed by atoms with van der Waals surface area (Å²) in [6, 6.07) is 11.5. The predicted molar refractivity (Wildman–Crippen MR) is 129 cm³/mol. The molecule has 0 bridgehead atoms. The minimum Gasteiger partial charge on any atom is -0.493 e. The first kappa shape index (κ1) is 25.1. The van der Waals surface area contributed by atoms with Gasteiger partial charge in [0.1, 0.15) is 17.1 Å². The van der Waals surface area contributed by atoms with Gasteiger partial charge < -0.3 is 9.47 Å². The summed E-state index contributed by atoms with van der Waals surface area (Å²) in [5, 5.41) is -0.280. The number of hydrogen-bond donors (Lipinski definition) is 1. The van der Waals surface area contributed by atoms with Crippen LogP contribution in [0.4, 0.5) is 4.39 Å². The molecule has 8 nitrogen and oxygen atoms in total.